The van der Waals surface area contributed by atoms with Gasteiger partial charge in [-0.05, 0) is 34.6 Å². The normalized spacial score (nSPS) is 11.0. The maximum Gasteiger partial charge on any atom is 0.414 e. The van der Waals surface area contributed by atoms with Crippen LogP contribution in [0.4, 0.5) is 10.5 Å². The highest BCUT2D eigenvalue weighted by Crippen LogP contribution is 2.24. The minimum absolute atomic E-state index is 0.0428. The second kappa shape index (κ2) is 6.59. The summed E-state index contributed by atoms with van der Waals surface area (Å²) in [4.78, 5) is 32.0. The second-order valence-corrected chi connectivity index (χ2v) is 5.75. The van der Waals surface area contributed by atoms with Gasteiger partial charge in [-0.3, -0.25) is 4.90 Å². The molecule has 0 saturated heterocycles. The third-order valence-corrected chi connectivity index (χ3v) is 2.54. The number of amides is 1. The molecule has 0 aliphatic carbocycles. The lowest BCUT2D eigenvalue weighted by Crippen LogP contribution is -2.35. The average Bonchev–Trinajstić information content (AvgIpc) is 2.33. The van der Waals surface area contributed by atoms with Crippen LogP contribution in [0.25, 0.3) is 0 Å². The quantitative estimate of drug-likeness (QED) is 0.906. The van der Waals surface area contributed by atoms with Crippen LogP contribution in [0.1, 0.15) is 32.2 Å². The molecule has 0 unspecified atom stereocenters. The van der Waals surface area contributed by atoms with E-state index in [1.54, 1.807) is 41.7 Å². The molecule has 8 heteroatoms. The molecule has 0 bridgehead atoms. The molecule has 8 nitrogen and oxygen atoms in total. The van der Waals surface area contributed by atoms with Gasteiger partial charge < -0.3 is 14.6 Å². The molecule has 0 saturated carbocycles. The van der Waals surface area contributed by atoms with Crippen molar-refractivity contribution >= 4 is 17.7 Å². The molecule has 1 aromatic heterocycles. The Morgan fingerprint density at radius 1 is 1.18 bits per heavy atom. The predicted molar refractivity (Wildman–Crippen MR) is 79.3 cm³/mol. The number of anilines is 1. The number of aryl methyl sites for hydroxylation is 2. The zero-order chi connectivity index (χ0) is 17.1. The van der Waals surface area contributed by atoms with E-state index in [0.717, 1.165) is 0 Å². The molecule has 0 atom stereocenters. The standard InChI is InChI=1S/C14H21N3O5/c1-8-11(17(6)13(20)22-14(3,4)5)9(2)16-12(15-8)21-7-10(18)19/h7H2,1-6H3,(H,18,19). The molecule has 0 spiro atoms. The van der Waals surface area contributed by atoms with Crippen LogP contribution in [0, 0.1) is 13.8 Å². The van der Waals surface area contributed by atoms with E-state index in [9.17, 15) is 9.59 Å². The molecule has 122 valence electrons. The smallest absolute Gasteiger partial charge is 0.414 e. The lowest BCUT2D eigenvalue weighted by molar-refractivity contribution is -0.139. The van der Waals surface area contributed by atoms with Crippen molar-refractivity contribution < 1.29 is 24.2 Å². The SMILES string of the molecule is Cc1nc(OCC(=O)O)nc(C)c1N(C)C(=O)OC(C)(C)C. The van der Waals surface area contributed by atoms with Gasteiger partial charge in [0.2, 0.25) is 0 Å². The first kappa shape index (κ1) is 17.7. The zero-order valence-electron chi connectivity index (χ0n) is 13.6. The van der Waals surface area contributed by atoms with Crippen molar-refractivity contribution in [1.82, 2.24) is 9.97 Å². The lowest BCUT2D eigenvalue weighted by atomic mass is 10.2. The van der Waals surface area contributed by atoms with E-state index in [0.29, 0.717) is 17.1 Å². The van der Waals surface area contributed by atoms with Crippen LogP contribution in [0.5, 0.6) is 6.01 Å². The number of carboxylic acid groups (broad SMARTS) is 1. The van der Waals surface area contributed by atoms with Crippen molar-refractivity contribution in [2.24, 2.45) is 0 Å². The van der Waals surface area contributed by atoms with E-state index in [2.05, 4.69) is 9.97 Å². The summed E-state index contributed by atoms with van der Waals surface area (Å²) in [6, 6.07) is -0.0428. The van der Waals surface area contributed by atoms with Gasteiger partial charge in [0.15, 0.2) is 6.61 Å². The molecule has 1 amide bonds. The summed E-state index contributed by atoms with van der Waals surface area (Å²) < 4.78 is 10.2. The van der Waals surface area contributed by atoms with Crippen molar-refractivity contribution in [2.45, 2.75) is 40.2 Å². The molecule has 1 heterocycles. The third-order valence-electron chi connectivity index (χ3n) is 2.54. The van der Waals surface area contributed by atoms with Gasteiger partial charge in [-0.15, -0.1) is 0 Å². The van der Waals surface area contributed by atoms with Crippen LogP contribution in [-0.4, -0.2) is 46.4 Å². The average molecular weight is 311 g/mol. The number of hydrogen-bond donors (Lipinski definition) is 1. The van der Waals surface area contributed by atoms with Gasteiger partial charge in [0.05, 0.1) is 17.1 Å². The Balaban J connectivity index is 3.00. The Labute approximate surface area is 129 Å². The fraction of sp³-hybridized carbons (Fsp3) is 0.571. The Bertz CT molecular complexity index is 557. The van der Waals surface area contributed by atoms with E-state index in [1.165, 1.54) is 4.90 Å². The number of ether oxygens (including phenoxy) is 2. The maximum atomic E-state index is 12.1. The Kier molecular flexibility index (Phi) is 5.29. The molecule has 1 rings (SSSR count). The molecule has 0 radical (unpaired) electrons. The van der Waals surface area contributed by atoms with Crippen LogP contribution >= 0.6 is 0 Å². The monoisotopic (exact) mass is 311 g/mol. The summed E-state index contributed by atoms with van der Waals surface area (Å²) in [5.41, 5.74) is 0.859. The summed E-state index contributed by atoms with van der Waals surface area (Å²) in [5.74, 6) is -1.12. The largest absolute Gasteiger partial charge is 0.479 e. The van der Waals surface area contributed by atoms with E-state index in [-0.39, 0.29) is 6.01 Å². The van der Waals surface area contributed by atoms with Crippen molar-refractivity contribution in [3.05, 3.63) is 11.4 Å². The minimum Gasteiger partial charge on any atom is -0.479 e. The van der Waals surface area contributed by atoms with E-state index < -0.39 is 24.3 Å². The van der Waals surface area contributed by atoms with Crippen molar-refractivity contribution in [1.29, 1.82) is 0 Å². The summed E-state index contributed by atoms with van der Waals surface area (Å²) in [5, 5.41) is 8.59. The number of hydrogen-bond acceptors (Lipinski definition) is 6. The van der Waals surface area contributed by atoms with Crippen molar-refractivity contribution in [2.75, 3.05) is 18.6 Å². The molecular weight excluding hydrogens is 290 g/mol. The van der Waals surface area contributed by atoms with Gasteiger partial charge in [-0.25, -0.2) is 9.59 Å². The van der Waals surface area contributed by atoms with Gasteiger partial charge in [0.25, 0.3) is 0 Å². The molecule has 0 aromatic carbocycles. The number of carbonyl (C=O) groups is 2. The van der Waals surface area contributed by atoms with Crippen LogP contribution in [0.3, 0.4) is 0 Å². The minimum atomic E-state index is -1.12. The first-order chi connectivity index (χ1) is 10.0. The Morgan fingerprint density at radius 3 is 2.09 bits per heavy atom. The molecule has 0 aliphatic rings. The fourth-order valence-corrected chi connectivity index (χ4v) is 1.78. The first-order valence-corrected chi connectivity index (χ1v) is 6.68. The van der Waals surface area contributed by atoms with Crippen LogP contribution in [-0.2, 0) is 9.53 Å². The van der Waals surface area contributed by atoms with Crippen LogP contribution in [0.2, 0.25) is 0 Å². The zero-order valence-corrected chi connectivity index (χ0v) is 13.6. The highest BCUT2D eigenvalue weighted by atomic mass is 16.6. The number of carbonyl (C=O) groups excluding carboxylic acids is 1. The number of rotatable bonds is 4. The Morgan fingerprint density at radius 2 is 1.68 bits per heavy atom. The van der Waals surface area contributed by atoms with E-state index in [1.807, 2.05) is 0 Å². The summed E-state index contributed by atoms with van der Waals surface area (Å²) in [6.07, 6.45) is -0.526. The van der Waals surface area contributed by atoms with Crippen molar-refractivity contribution in [3.63, 3.8) is 0 Å². The van der Waals surface area contributed by atoms with Gasteiger partial charge >= 0.3 is 18.1 Å². The second-order valence-electron chi connectivity index (χ2n) is 5.75. The molecule has 1 aromatic rings. The third kappa shape index (κ3) is 4.87. The number of aromatic nitrogens is 2. The first-order valence-electron chi connectivity index (χ1n) is 6.68. The fourth-order valence-electron chi connectivity index (χ4n) is 1.78. The predicted octanol–water partition coefficient (Wildman–Crippen LogP) is 1.93. The molecule has 0 aliphatic heterocycles. The number of carboxylic acids is 1. The summed E-state index contributed by atoms with van der Waals surface area (Å²) in [7, 11) is 1.56. The van der Waals surface area contributed by atoms with Gasteiger partial charge in [-0.2, -0.15) is 9.97 Å². The maximum absolute atomic E-state index is 12.1. The molecule has 1 N–H and O–H groups in total. The lowest BCUT2D eigenvalue weighted by Gasteiger charge is -2.26. The molecule has 22 heavy (non-hydrogen) atoms. The van der Waals surface area contributed by atoms with Gasteiger partial charge in [0.1, 0.15) is 5.60 Å². The van der Waals surface area contributed by atoms with E-state index in [4.69, 9.17) is 14.6 Å². The topological polar surface area (TPSA) is 102 Å². The molecule has 0 fully saturated rings. The van der Waals surface area contributed by atoms with Crippen LogP contribution < -0.4 is 9.64 Å². The molecular formula is C14H21N3O5. The van der Waals surface area contributed by atoms with Crippen molar-refractivity contribution in [3.8, 4) is 6.01 Å². The highest BCUT2D eigenvalue weighted by molar-refractivity contribution is 5.88. The highest BCUT2D eigenvalue weighted by Gasteiger charge is 2.24. The summed E-state index contributed by atoms with van der Waals surface area (Å²) >= 11 is 0. The van der Waals surface area contributed by atoms with Crippen LogP contribution in [0.15, 0.2) is 0 Å². The van der Waals surface area contributed by atoms with Gasteiger partial charge in [0, 0.05) is 7.05 Å². The Hall–Kier alpha value is -2.38. The van der Waals surface area contributed by atoms with E-state index >= 15 is 0 Å². The summed E-state index contributed by atoms with van der Waals surface area (Å²) in [6.45, 7) is 8.16. The number of aliphatic carboxylic acids is 1. The number of nitrogens with zero attached hydrogens (tertiary/aromatic N) is 3. The van der Waals surface area contributed by atoms with Gasteiger partial charge in [-0.1, -0.05) is 0 Å².